The molecule has 0 spiro atoms. The second kappa shape index (κ2) is 4.17. The van der Waals surface area contributed by atoms with Gasteiger partial charge in [0.05, 0.1) is 10.7 Å². The predicted octanol–water partition coefficient (Wildman–Crippen LogP) is 2.94. The number of halogens is 3. The molecule has 0 bridgehead atoms. The van der Waals surface area contributed by atoms with Gasteiger partial charge in [0.2, 0.25) is 0 Å². The molecule has 0 unspecified atom stereocenters. The van der Waals surface area contributed by atoms with E-state index < -0.39 is 6.43 Å². The van der Waals surface area contributed by atoms with E-state index in [9.17, 15) is 8.78 Å². The van der Waals surface area contributed by atoms with Crippen LogP contribution in [0, 0.1) is 10.5 Å². The number of nitrogens with zero attached hydrogens (tertiary/aromatic N) is 1. The van der Waals surface area contributed by atoms with Crippen molar-refractivity contribution >= 4 is 22.6 Å². The molecule has 0 aliphatic heterocycles. The molecule has 1 aromatic rings. The minimum absolute atomic E-state index is 0.168. The molecule has 0 saturated heterocycles. The normalized spacial score (nSPS) is 10.6. The van der Waals surface area contributed by atoms with E-state index in [0.29, 0.717) is 9.26 Å². The van der Waals surface area contributed by atoms with Gasteiger partial charge in [0.1, 0.15) is 5.69 Å². The molecule has 72 valence electrons. The highest BCUT2D eigenvalue weighted by Gasteiger charge is 2.18. The Morgan fingerprint density at radius 3 is 2.62 bits per heavy atom. The average molecular weight is 299 g/mol. The summed E-state index contributed by atoms with van der Waals surface area (Å²) < 4.78 is 30.4. The second-order valence-electron chi connectivity index (χ2n) is 2.46. The Labute approximate surface area is 88.5 Å². The molecule has 0 atom stereocenters. The molecule has 1 heterocycles. The number of pyridine rings is 1. The molecule has 1 rings (SSSR count). The lowest BCUT2D eigenvalue weighted by atomic mass is 10.3. The Morgan fingerprint density at radius 1 is 1.54 bits per heavy atom. The summed E-state index contributed by atoms with van der Waals surface area (Å²) in [4.78, 5) is 3.72. The Bertz CT molecular complexity index is 317. The van der Waals surface area contributed by atoms with Crippen molar-refractivity contribution in [1.29, 1.82) is 0 Å². The number of hydrogen-bond donors (Lipinski definition) is 0. The van der Waals surface area contributed by atoms with E-state index in [0.717, 1.165) is 0 Å². The Hall–Kier alpha value is -0.460. The van der Waals surface area contributed by atoms with Gasteiger partial charge in [0, 0.05) is 5.69 Å². The van der Waals surface area contributed by atoms with Gasteiger partial charge in [-0.2, -0.15) is 0 Å². The fourth-order valence-corrected chi connectivity index (χ4v) is 1.94. The zero-order chi connectivity index (χ0) is 10.0. The highest BCUT2D eigenvalue weighted by Crippen LogP contribution is 2.31. The van der Waals surface area contributed by atoms with Crippen LogP contribution in [0.1, 0.15) is 17.8 Å². The second-order valence-corrected chi connectivity index (χ2v) is 3.63. The van der Waals surface area contributed by atoms with Crippen molar-refractivity contribution < 1.29 is 13.5 Å². The van der Waals surface area contributed by atoms with Crippen LogP contribution >= 0.6 is 22.6 Å². The number of alkyl halides is 2. The van der Waals surface area contributed by atoms with Gasteiger partial charge in [0.25, 0.3) is 6.43 Å². The van der Waals surface area contributed by atoms with E-state index in [-0.39, 0.29) is 11.4 Å². The van der Waals surface area contributed by atoms with Crippen molar-refractivity contribution in [1.82, 2.24) is 4.98 Å². The molecule has 0 fully saturated rings. The third-order valence-electron chi connectivity index (χ3n) is 1.49. The van der Waals surface area contributed by atoms with Crippen LogP contribution in [0.2, 0.25) is 0 Å². The minimum atomic E-state index is -2.59. The van der Waals surface area contributed by atoms with Gasteiger partial charge < -0.3 is 4.74 Å². The zero-order valence-corrected chi connectivity index (χ0v) is 9.30. The van der Waals surface area contributed by atoms with Crippen LogP contribution in [-0.2, 0) is 0 Å². The van der Waals surface area contributed by atoms with E-state index in [2.05, 4.69) is 4.98 Å². The van der Waals surface area contributed by atoms with Crippen molar-refractivity contribution in [3.63, 3.8) is 0 Å². The first-order valence-electron chi connectivity index (χ1n) is 3.55. The quantitative estimate of drug-likeness (QED) is 0.783. The summed E-state index contributed by atoms with van der Waals surface area (Å²) in [5.74, 6) is 0.168. The third-order valence-corrected chi connectivity index (χ3v) is 2.29. The van der Waals surface area contributed by atoms with Gasteiger partial charge in [-0.05, 0) is 35.6 Å². The molecular weight excluding hydrogens is 291 g/mol. The smallest absolute Gasteiger partial charge is 0.284 e. The van der Waals surface area contributed by atoms with Gasteiger partial charge in [-0.15, -0.1) is 0 Å². The molecule has 0 aliphatic rings. The zero-order valence-electron chi connectivity index (χ0n) is 7.14. The molecule has 0 N–H and O–H groups in total. The summed E-state index contributed by atoms with van der Waals surface area (Å²) in [5.41, 5.74) is 0.285. The van der Waals surface area contributed by atoms with Gasteiger partial charge >= 0.3 is 0 Å². The van der Waals surface area contributed by atoms with E-state index in [1.165, 1.54) is 7.11 Å². The lowest BCUT2D eigenvalue weighted by Gasteiger charge is -2.09. The van der Waals surface area contributed by atoms with Crippen LogP contribution in [0.15, 0.2) is 6.07 Å². The number of aromatic nitrogens is 1. The number of hydrogen-bond acceptors (Lipinski definition) is 2. The summed E-state index contributed by atoms with van der Waals surface area (Å²) in [6.07, 6.45) is -2.59. The molecule has 0 radical (unpaired) electrons. The van der Waals surface area contributed by atoms with Crippen LogP contribution < -0.4 is 4.74 Å². The largest absolute Gasteiger partial charge is 0.493 e. The van der Waals surface area contributed by atoms with Crippen molar-refractivity contribution in [3.8, 4) is 5.75 Å². The number of aryl methyl sites for hydroxylation is 1. The molecule has 2 nitrogen and oxygen atoms in total. The molecule has 0 saturated carbocycles. The van der Waals surface area contributed by atoms with Crippen LogP contribution in [0.25, 0.3) is 0 Å². The Morgan fingerprint density at radius 2 is 2.15 bits per heavy atom. The van der Waals surface area contributed by atoms with Crippen molar-refractivity contribution in [2.24, 2.45) is 0 Å². The van der Waals surface area contributed by atoms with Crippen LogP contribution in [0.4, 0.5) is 8.78 Å². The first kappa shape index (κ1) is 10.6. The summed E-state index contributed by atoms with van der Waals surface area (Å²) in [7, 11) is 1.36. The van der Waals surface area contributed by atoms with Crippen molar-refractivity contribution in [2.45, 2.75) is 13.3 Å². The fourth-order valence-electron chi connectivity index (χ4n) is 0.994. The fraction of sp³-hybridized carbons (Fsp3) is 0.375. The predicted molar refractivity (Wildman–Crippen MR) is 53.2 cm³/mol. The van der Waals surface area contributed by atoms with Crippen LogP contribution in [0.3, 0.4) is 0 Å². The van der Waals surface area contributed by atoms with Crippen molar-refractivity contribution in [3.05, 3.63) is 21.0 Å². The van der Waals surface area contributed by atoms with Gasteiger partial charge in [-0.1, -0.05) is 0 Å². The summed E-state index contributed by atoms with van der Waals surface area (Å²) >= 11 is 1.95. The molecule has 13 heavy (non-hydrogen) atoms. The molecule has 5 heteroatoms. The van der Waals surface area contributed by atoms with Crippen LogP contribution in [-0.4, -0.2) is 12.1 Å². The lowest BCUT2D eigenvalue weighted by molar-refractivity contribution is 0.141. The topological polar surface area (TPSA) is 22.1 Å². The van der Waals surface area contributed by atoms with E-state index in [1.807, 2.05) is 22.6 Å². The Balaban J connectivity index is 3.29. The number of methoxy groups -OCH3 is 1. The SMILES string of the molecule is COc1c(I)cc(C)nc1C(F)F. The summed E-state index contributed by atoms with van der Waals surface area (Å²) in [6.45, 7) is 1.67. The highest BCUT2D eigenvalue weighted by molar-refractivity contribution is 14.1. The van der Waals surface area contributed by atoms with Crippen molar-refractivity contribution in [2.75, 3.05) is 7.11 Å². The molecule has 1 aromatic heterocycles. The number of ether oxygens (including phenoxy) is 1. The Kier molecular flexibility index (Phi) is 3.40. The lowest BCUT2D eigenvalue weighted by Crippen LogP contribution is -2.00. The van der Waals surface area contributed by atoms with E-state index in [4.69, 9.17) is 4.74 Å². The summed E-state index contributed by atoms with van der Waals surface area (Å²) in [6, 6.07) is 1.70. The molecule has 0 amide bonds. The minimum Gasteiger partial charge on any atom is -0.493 e. The summed E-state index contributed by atoms with van der Waals surface area (Å²) in [5, 5.41) is 0. The van der Waals surface area contributed by atoms with E-state index in [1.54, 1.807) is 13.0 Å². The monoisotopic (exact) mass is 299 g/mol. The van der Waals surface area contributed by atoms with Crippen LogP contribution in [0.5, 0.6) is 5.75 Å². The maximum absolute atomic E-state index is 12.4. The third kappa shape index (κ3) is 2.26. The van der Waals surface area contributed by atoms with Gasteiger partial charge in [0.15, 0.2) is 5.75 Å². The molecular formula is C8H8F2INO. The van der Waals surface area contributed by atoms with E-state index >= 15 is 0 Å². The molecule has 0 aromatic carbocycles. The maximum atomic E-state index is 12.4. The highest BCUT2D eigenvalue weighted by atomic mass is 127. The first-order chi connectivity index (χ1) is 6.06. The standard InChI is InChI=1S/C8H8F2INO/c1-4-3-5(11)7(13-2)6(12-4)8(9)10/h3,8H,1-2H3. The first-order valence-corrected chi connectivity index (χ1v) is 4.63. The number of rotatable bonds is 2. The average Bonchev–Trinajstić information content (AvgIpc) is 2.02. The van der Waals surface area contributed by atoms with Gasteiger partial charge in [-0.3, -0.25) is 0 Å². The maximum Gasteiger partial charge on any atom is 0.284 e. The van der Waals surface area contributed by atoms with Gasteiger partial charge in [-0.25, -0.2) is 13.8 Å². The molecule has 0 aliphatic carbocycles.